The van der Waals surface area contributed by atoms with E-state index in [4.69, 9.17) is 25.6 Å². The molecule has 0 unspecified atom stereocenters. The molecule has 0 amide bonds. The number of rotatable bonds is 7. The lowest BCUT2D eigenvalue weighted by atomic mass is 10.2. The van der Waals surface area contributed by atoms with Crippen molar-refractivity contribution < 1.29 is 18.8 Å². The van der Waals surface area contributed by atoms with Gasteiger partial charge in [-0.3, -0.25) is 4.79 Å². The Bertz CT molecular complexity index is 860. The molecular weight excluding hydrogens is 356 g/mol. The summed E-state index contributed by atoms with van der Waals surface area (Å²) >= 11 is 5.82. The van der Waals surface area contributed by atoms with Gasteiger partial charge in [0, 0.05) is 17.0 Å². The average molecular weight is 373 g/mol. The maximum atomic E-state index is 11.9. The number of halogens is 1. The molecule has 0 fully saturated rings. The van der Waals surface area contributed by atoms with Crippen LogP contribution < -0.4 is 4.74 Å². The number of nitrogens with zero attached hydrogens (tertiary/aromatic N) is 2. The van der Waals surface area contributed by atoms with Crippen molar-refractivity contribution in [2.75, 3.05) is 7.11 Å². The first-order valence-electron chi connectivity index (χ1n) is 8.01. The van der Waals surface area contributed by atoms with Gasteiger partial charge in [0.2, 0.25) is 11.7 Å². The molecule has 0 aliphatic heterocycles. The summed E-state index contributed by atoms with van der Waals surface area (Å²) in [6, 6.07) is 14.5. The molecule has 0 saturated carbocycles. The van der Waals surface area contributed by atoms with E-state index in [0.717, 1.165) is 16.9 Å². The minimum absolute atomic E-state index is 0.165. The van der Waals surface area contributed by atoms with E-state index in [1.54, 1.807) is 19.2 Å². The van der Waals surface area contributed by atoms with Gasteiger partial charge in [-0.2, -0.15) is 4.98 Å². The molecular formula is C19H17ClN2O4. The summed E-state index contributed by atoms with van der Waals surface area (Å²) < 4.78 is 15.5. The first kappa shape index (κ1) is 17.9. The summed E-state index contributed by atoms with van der Waals surface area (Å²) in [5.41, 5.74) is 1.69. The molecule has 3 aromatic rings. The van der Waals surface area contributed by atoms with E-state index >= 15 is 0 Å². The Morgan fingerprint density at radius 3 is 2.54 bits per heavy atom. The number of aromatic nitrogens is 2. The first-order valence-corrected chi connectivity index (χ1v) is 8.39. The van der Waals surface area contributed by atoms with E-state index in [9.17, 15) is 4.79 Å². The third-order valence-corrected chi connectivity index (χ3v) is 3.92. The second kappa shape index (κ2) is 8.49. The van der Waals surface area contributed by atoms with E-state index in [-0.39, 0.29) is 19.0 Å². The second-order valence-electron chi connectivity index (χ2n) is 5.53. The molecule has 0 bridgehead atoms. The van der Waals surface area contributed by atoms with Crippen LogP contribution in [0.1, 0.15) is 17.9 Å². The SMILES string of the molecule is COc1ccc(-c2noc(CCC(=O)OCc3ccc(Cl)cc3)n2)cc1. The van der Waals surface area contributed by atoms with Gasteiger partial charge in [0.1, 0.15) is 12.4 Å². The lowest BCUT2D eigenvalue weighted by Crippen LogP contribution is -2.06. The maximum absolute atomic E-state index is 11.9. The van der Waals surface area contributed by atoms with Crippen molar-refractivity contribution in [1.29, 1.82) is 0 Å². The fraction of sp³-hybridized carbons (Fsp3) is 0.211. The molecule has 134 valence electrons. The summed E-state index contributed by atoms with van der Waals surface area (Å²) in [6.07, 6.45) is 0.487. The largest absolute Gasteiger partial charge is 0.497 e. The van der Waals surface area contributed by atoms with Crippen molar-refractivity contribution in [3.8, 4) is 17.1 Å². The van der Waals surface area contributed by atoms with Gasteiger partial charge in [0.05, 0.1) is 13.5 Å². The number of methoxy groups -OCH3 is 1. The van der Waals surface area contributed by atoms with Crippen LogP contribution in [-0.4, -0.2) is 23.2 Å². The normalized spacial score (nSPS) is 10.5. The topological polar surface area (TPSA) is 74.5 Å². The number of hydrogen-bond acceptors (Lipinski definition) is 6. The zero-order valence-electron chi connectivity index (χ0n) is 14.1. The maximum Gasteiger partial charge on any atom is 0.306 e. The molecule has 3 rings (SSSR count). The summed E-state index contributed by atoms with van der Waals surface area (Å²) in [5.74, 6) is 1.28. The molecule has 6 nitrogen and oxygen atoms in total. The number of carbonyl (C=O) groups is 1. The highest BCUT2D eigenvalue weighted by molar-refractivity contribution is 6.30. The average Bonchev–Trinajstić information content (AvgIpc) is 3.15. The molecule has 0 N–H and O–H groups in total. The fourth-order valence-electron chi connectivity index (χ4n) is 2.24. The Hall–Kier alpha value is -2.86. The molecule has 0 spiro atoms. The molecule has 0 aliphatic rings. The lowest BCUT2D eigenvalue weighted by Gasteiger charge is -2.04. The van der Waals surface area contributed by atoms with Gasteiger partial charge in [0.25, 0.3) is 0 Å². The smallest absolute Gasteiger partial charge is 0.306 e. The number of esters is 1. The van der Waals surface area contributed by atoms with Crippen LogP contribution in [-0.2, 0) is 22.6 Å². The van der Waals surface area contributed by atoms with Crippen molar-refractivity contribution in [3.05, 3.63) is 65.0 Å². The monoisotopic (exact) mass is 372 g/mol. The third kappa shape index (κ3) is 4.83. The Labute approximate surface area is 155 Å². The van der Waals surface area contributed by atoms with E-state index in [0.29, 0.717) is 23.2 Å². The van der Waals surface area contributed by atoms with Crippen LogP contribution in [0.15, 0.2) is 53.1 Å². The molecule has 0 atom stereocenters. The van der Waals surface area contributed by atoms with Gasteiger partial charge in [-0.05, 0) is 42.0 Å². The van der Waals surface area contributed by atoms with E-state index in [2.05, 4.69) is 10.1 Å². The van der Waals surface area contributed by atoms with Crippen molar-refractivity contribution in [1.82, 2.24) is 10.1 Å². The third-order valence-electron chi connectivity index (χ3n) is 3.67. The molecule has 7 heteroatoms. The van der Waals surface area contributed by atoms with Gasteiger partial charge in [-0.15, -0.1) is 0 Å². The van der Waals surface area contributed by atoms with Crippen molar-refractivity contribution in [2.45, 2.75) is 19.4 Å². The van der Waals surface area contributed by atoms with Gasteiger partial charge < -0.3 is 14.0 Å². The molecule has 1 heterocycles. The highest BCUT2D eigenvalue weighted by atomic mass is 35.5. The number of carbonyl (C=O) groups excluding carboxylic acids is 1. The predicted octanol–water partition coefficient (Wildman–Crippen LogP) is 4.07. The molecule has 1 aromatic heterocycles. The molecule has 26 heavy (non-hydrogen) atoms. The van der Waals surface area contributed by atoms with Gasteiger partial charge in [-0.25, -0.2) is 0 Å². The summed E-state index contributed by atoms with van der Waals surface area (Å²) in [4.78, 5) is 16.1. The van der Waals surface area contributed by atoms with Crippen LogP contribution >= 0.6 is 11.6 Å². The van der Waals surface area contributed by atoms with Gasteiger partial charge in [0.15, 0.2) is 0 Å². The Kier molecular flexibility index (Phi) is 5.86. The van der Waals surface area contributed by atoms with E-state index in [1.807, 2.05) is 36.4 Å². The zero-order chi connectivity index (χ0) is 18.4. The Morgan fingerprint density at radius 2 is 1.85 bits per heavy atom. The number of ether oxygens (including phenoxy) is 2. The minimum Gasteiger partial charge on any atom is -0.497 e. The highest BCUT2D eigenvalue weighted by Gasteiger charge is 2.11. The van der Waals surface area contributed by atoms with Crippen LogP contribution in [0.25, 0.3) is 11.4 Å². The van der Waals surface area contributed by atoms with Crippen LogP contribution in [0.2, 0.25) is 5.02 Å². The predicted molar refractivity (Wildman–Crippen MR) is 95.9 cm³/mol. The Balaban J connectivity index is 1.49. The number of aryl methyl sites for hydroxylation is 1. The Morgan fingerprint density at radius 1 is 1.12 bits per heavy atom. The van der Waals surface area contributed by atoms with Gasteiger partial charge >= 0.3 is 5.97 Å². The highest BCUT2D eigenvalue weighted by Crippen LogP contribution is 2.20. The van der Waals surface area contributed by atoms with E-state index in [1.165, 1.54) is 0 Å². The summed E-state index contributed by atoms with van der Waals surface area (Å²) in [6.45, 7) is 0.205. The number of benzene rings is 2. The van der Waals surface area contributed by atoms with E-state index < -0.39 is 0 Å². The molecule has 0 aliphatic carbocycles. The van der Waals surface area contributed by atoms with Crippen LogP contribution in [0.3, 0.4) is 0 Å². The van der Waals surface area contributed by atoms with Crippen LogP contribution in [0, 0.1) is 0 Å². The fourth-order valence-corrected chi connectivity index (χ4v) is 2.37. The van der Waals surface area contributed by atoms with Gasteiger partial charge in [-0.1, -0.05) is 28.9 Å². The first-order chi connectivity index (χ1) is 12.6. The zero-order valence-corrected chi connectivity index (χ0v) is 14.9. The number of hydrogen-bond donors (Lipinski definition) is 0. The summed E-state index contributed by atoms with van der Waals surface area (Å²) in [7, 11) is 1.60. The van der Waals surface area contributed by atoms with Crippen molar-refractivity contribution in [3.63, 3.8) is 0 Å². The minimum atomic E-state index is -0.329. The quantitative estimate of drug-likeness (QED) is 0.582. The van der Waals surface area contributed by atoms with Crippen molar-refractivity contribution >= 4 is 17.6 Å². The molecule has 2 aromatic carbocycles. The van der Waals surface area contributed by atoms with Crippen LogP contribution in [0.5, 0.6) is 5.75 Å². The standard InChI is InChI=1S/C19H17ClN2O4/c1-24-16-8-4-14(5-9-16)19-21-17(26-22-19)10-11-18(23)25-12-13-2-6-15(20)7-3-13/h2-9H,10-12H2,1H3. The molecule has 0 radical (unpaired) electrons. The molecule has 0 saturated heterocycles. The van der Waals surface area contributed by atoms with Crippen LogP contribution in [0.4, 0.5) is 0 Å². The second-order valence-corrected chi connectivity index (χ2v) is 5.96. The van der Waals surface area contributed by atoms with Crippen molar-refractivity contribution in [2.24, 2.45) is 0 Å². The summed E-state index contributed by atoms with van der Waals surface area (Å²) in [5, 5.41) is 4.57. The lowest BCUT2D eigenvalue weighted by molar-refractivity contribution is -0.145.